The van der Waals surface area contributed by atoms with Crippen molar-refractivity contribution < 1.29 is 9.53 Å². The zero-order chi connectivity index (χ0) is 21.0. The maximum atomic E-state index is 13.0. The fourth-order valence-electron chi connectivity index (χ4n) is 4.06. The second kappa shape index (κ2) is 8.99. The lowest BCUT2D eigenvalue weighted by Crippen LogP contribution is -2.44. The molecule has 0 radical (unpaired) electrons. The minimum Gasteiger partial charge on any atom is -0.381 e. The molecule has 2 aromatic carbocycles. The highest BCUT2D eigenvalue weighted by molar-refractivity contribution is 6.30. The third-order valence-corrected chi connectivity index (χ3v) is 6.11. The molecule has 2 heterocycles. The van der Waals surface area contributed by atoms with Gasteiger partial charge in [-0.05, 0) is 49.6 Å². The van der Waals surface area contributed by atoms with Crippen molar-refractivity contribution in [2.24, 2.45) is 0 Å². The van der Waals surface area contributed by atoms with Crippen LogP contribution in [0.3, 0.4) is 0 Å². The Hall–Kier alpha value is -2.69. The number of rotatable bonds is 5. The van der Waals surface area contributed by atoms with E-state index in [-0.39, 0.29) is 11.3 Å². The van der Waals surface area contributed by atoms with Crippen molar-refractivity contribution in [3.05, 3.63) is 88.6 Å². The monoisotopic (exact) mass is 420 g/mol. The van der Waals surface area contributed by atoms with E-state index in [4.69, 9.17) is 16.3 Å². The second-order valence-corrected chi connectivity index (χ2v) is 8.22. The summed E-state index contributed by atoms with van der Waals surface area (Å²) in [4.78, 5) is 17.6. The molecule has 0 bridgehead atoms. The Morgan fingerprint density at radius 2 is 1.83 bits per heavy atom. The normalized spacial score (nSPS) is 15.5. The van der Waals surface area contributed by atoms with Crippen LogP contribution < -0.4 is 5.32 Å². The van der Waals surface area contributed by atoms with Crippen LogP contribution in [0.5, 0.6) is 0 Å². The summed E-state index contributed by atoms with van der Waals surface area (Å²) in [5.41, 5.74) is 4.19. The molecule has 1 amide bonds. The summed E-state index contributed by atoms with van der Waals surface area (Å²) in [6.07, 6.45) is 1.69. The molecule has 0 spiro atoms. The van der Waals surface area contributed by atoms with Crippen molar-refractivity contribution in [1.29, 1.82) is 0 Å². The molecule has 1 N–H and O–H groups in total. The molecule has 0 atom stereocenters. The zero-order valence-corrected chi connectivity index (χ0v) is 17.8. The highest BCUT2D eigenvalue weighted by Gasteiger charge is 2.35. The van der Waals surface area contributed by atoms with Gasteiger partial charge in [0.2, 0.25) is 0 Å². The van der Waals surface area contributed by atoms with Gasteiger partial charge in [0, 0.05) is 35.8 Å². The predicted octanol–water partition coefficient (Wildman–Crippen LogP) is 5.19. The maximum absolute atomic E-state index is 13.0. The zero-order valence-electron chi connectivity index (χ0n) is 17.0. The van der Waals surface area contributed by atoms with Gasteiger partial charge < -0.3 is 10.1 Å². The van der Waals surface area contributed by atoms with E-state index in [0.29, 0.717) is 30.3 Å². The number of ether oxygens (including phenoxy) is 1. The Balaban J connectivity index is 1.53. The summed E-state index contributed by atoms with van der Waals surface area (Å²) in [5, 5.41) is 3.86. The van der Waals surface area contributed by atoms with Crippen LogP contribution in [0.2, 0.25) is 5.02 Å². The van der Waals surface area contributed by atoms with Crippen LogP contribution in [0, 0.1) is 6.92 Å². The Labute approximate surface area is 182 Å². The van der Waals surface area contributed by atoms with E-state index in [9.17, 15) is 4.79 Å². The van der Waals surface area contributed by atoms with Crippen molar-refractivity contribution in [1.82, 2.24) is 10.3 Å². The number of halogens is 1. The standard InChI is InChI=1S/C25H25ClN2O2/c1-18-22(10-11-23(28-18)19-6-3-2-4-7-19)24(29)27-17-25(12-14-30-15-13-25)20-8-5-9-21(26)16-20/h2-11,16H,12-15,17H2,1H3,(H,27,29). The minimum absolute atomic E-state index is 0.104. The molecule has 5 heteroatoms. The molecule has 30 heavy (non-hydrogen) atoms. The number of hydrogen-bond acceptors (Lipinski definition) is 3. The summed E-state index contributed by atoms with van der Waals surface area (Å²) >= 11 is 6.24. The largest absolute Gasteiger partial charge is 0.381 e. The highest BCUT2D eigenvalue weighted by atomic mass is 35.5. The summed E-state index contributed by atoms with van der Waals surface area (Å²) < 4.78 is 5.59. The first-order chi connectivity index (χ1) is 14.6. The van der Waals surface area contributed by atoms with Crippen LogP contribution in [0.1, 0.15) is 34.5 Å². The molecule has 0 saturated carbocycles. The summed E-state index contributed by atoms with van der Waals surface area (Å²) in [6.45, 7) is 3.77. The SMILES string of the molecule is Cc1nc(-c2ccccc2)ccc1C(=O)NCC1(c2cccc(Cl)c2)CCOCC1. The molecule has 0 unspecified atom stereocenters. The van der Waals surface area contributed by atoms with Gasteiger partial charge in [0.25, 0.3) is 5.91 Å². The smallest absolute Gasteiger partial charge is 0.253 e. The average Bonchev–Trinajstić information content (AvgIpc) is 2.78. The topological polar surface area (TPSA) is 51.2 Å². The quantitative estimate of drug-likeness (QED) is 0.618. The van der Waals surface area contributed by atoms with Crippen LogP contribution in [-0.2, 0) is 10.2 Å². The number of amides is 1. The van der Waals surface area contributed by atoms with Crippen LogP contribution in [0.15, 0.2) is 66.7 Å². The van der Waals surface area contributed by atoms with Gasteiger partial charge in [0.05, 0.1) is 17.0 Å². The van der Waals surface area contributed by atoms with Crippen molar-refractivity contribution in [2.45, 2.75) is 25.2 Å². The van der Waals surface area contributed by atoms with Crippen molar-refractivity contribution >= 4 is 17.5 Å². The van der Waals surface area contributed by atoms with E-state index >= 15 is 0 Å². The third kappa shape index (κ3) is 4.40. The Morgan fingerprint density at radius 1 is 1.07 bits per heavy atom. The molecule has 1 fully saturated rings. The van der Waals surface area contributed by atoms with Crippen LogP contribution in [0.25, 0.3) is 11.3 Å². The fourth-order valence-corrected chi connectivity index (χ4v) is 4.25. The highest BCUT2D eigenvalue weighted by Crippen LogP contribution is 2.35. The number of nitrogens with one attached hydrogen (secondary N) is 1. The summed E-state index contributed by atoms with van der Waals surface area (Å²) in [6, 6.07) is 21.7. The van der Waals surface area contributed by atoms with Gasteiger partial charge >= 0.3 is 0 Å². The third-order valence-electron chi connectivity index (χ3n) is 5.87. The van der Waals surface area contributed by atoms with Gasteiger partial charge in [-0.25, -0.2) is 0 Å². The van der Waals surface area contributed by atoms with Crippen LogP contribution >= 0.6 is 11.6 Å². The molecular formula is C25H25ClN2O2. The first-order valence-corrected chi connectivity index (χ1v) is 10.6. The number of hydrogen-bond donors (Lipinski definition) is 1. The summed E-state index contributed by atoms with van der Waals surface area (Å²) in [7, 11) is 0. The lowest BCUT2D eigenvalue weighted by atomic mass is 9.74. The van der Waals surface area contributed by atoms with Gasteiger partial charge in [-0.3, -0.25) is 9.78 Å². The van der Waals surface area contributed by atoms with E-state index in [1.807, 2.05) is 67.6 Å². The number of carbonyl (C=O) groups excluding carboxylic acids is 1. The molecule has 3 aromatic rings. The number of carbonyl (C=O) groups is 1. The molecular weight excluding hydrogens is 396 g/mol. The predicted molar refractivity (Wildman–Crippen MR) is 120 cm³/mol. The number of aryl methyl sites for hydroxylation is 1. The maximum Gasteiger partial charge on any atom is 0.253 e. The molecule has 154 valence electrons. The Morgan fingerprint density at radius 3 is 2.53 bits per heavy atom. The number of nitrogens with zero attached hydrogens (tertiary/aromatic N) is 1. The van der Waals surface area contributed by atoms with E-state index in [0.717, 1.165) is 35.4 Å². The van der Waals surface area contributed by atoms with Crippen molar-refractivity contribution in [3.8, 4) is 11.3 Å². The molecule has 4 rings (SSSR count). The molecule has 4 nitrogen and oxygen atoms in total. The second-order valence-electron chi connectivity index (χ2n) is 7.78. The van der Waals surface area contributed by atoms with E-state index in [1.54, 1.807) is 0 Å². The minimum atomic E-state index is -0.176. The number of benzene rings is 2. The fraction of sp³-hybridized carbons (Fsp3) is 0.280. The van der Waals surface area contributed by atoms with Gasteiger partial charge in [0.1, 0.15) is 0 Å². The van der Waals surface area contributed by atoms with Crippen molar-refractivity contribution in [3.63, 3.8) is 0 Å². The van der Waals surface area contributed by atoms with Crippen molar-refractivity contribution in [2.75, 3.05) is 19.8 Å². The Kier molecular flexibility index (Phi) is 6.16. The van der Waals surface area contributed by atoms with Gasteiger partial charge in [-0.1, -0.05) is 54.1 Å². The van der Waals surface area contributed by atoms with Crippen LogP contribution in [-0.4, -0.2) is 30.6 Å². The first kappa shape index (κ1) is 20.6. The van der Waals surface area contributed by atoms with Gasteiger partial charge in [0.15, 0.2) is 0 Å². The van der Waals surface area contributed by atoms with Gasteiger partial charge in [-0.2, -0.15) is 0 Å². The lowest BCUT2D eigenvalue weighted by Gasteiger charge is -2.38. The first-order valence-electron chi connectivity index (χ1n) is 10.2. The molecule has 1 aliphatic heterocycles. The summed E-state index contributed by atoms with van der Waals surface area (Å²) in [5.74, 6) is -0.104. The van der Waals surface area contributed by atoms with Gasteiger partial charge in [-0.15, -0.1) is 0 Å². The van der Waals surface area contributed by atoms with Crippen LogP contribution in [0.4, 0.5) is 0 Å². The van der Waals surface area contributed by atoms with E-state index < -0.39 is 0 Å². The molecule has 1 aliphatic rings. The van der Waals surface area contributed by atoms with E-state index in [1.165, 1.54) is 0 Å². The average molecular weight is 421 g/mol. The van der Waals surface area contributed by atoms with E-state index in [2.05, 4.69) is 16.4 Å². The molecule has 1 aromatic heterocycles. The number of aromatic nitrogens is 1. The Bertz CT molecular complexity index is 1030. The number of pyridine rings is 1. The molecule has 1 saturated heterocycles. The molecule has 0 aliphatic carbocycles. The lowest BCUT2D eigenvalue weighted by molar-refractivity contribution is 0.0487.